The van der Waals surface area contributed by atoms with Gasteiger partial charge in [-0.1, -0.05) is 65.4 Å². The Kier molecular flexibility index (Phi) is 7.72. The van der Waals surface area contributed by atoms with E-state index in [2.05, 4.69) is 46.7 Å². The van der Waals surface area contributed by atoms with E-state index in [0.717, 1.165) is 22.2 Å². The normalized spacial score (nSPS) is 10.7. The number of ether oxygens (including phenoxy) is 2. The molecule has 0 spiro atoms. The Balaban J connectivity index is 1.60. The van der Waals surface area contributed by atoms with Gasteiger partial charge in [-0.3, -0.25) is 9.36 Å². The van der Waals surface area contributed by atoms with Gasteiger partial charge in [0, 0.05) is 11.4 Å². The first kappa shape index (κ1) is 24.3. The topological polar surface area (TPSA) is 78.3 Å². The Morgan fingerprint density at radius 2 is 1.60 bits per heavy atom. The van der Waals surface area contributed by atoms with Crippen LogP contribution in [0.2, 0.25) is 0 Å². The predicted octanol–water partition coefficient (Wildman–Crippen LogP) is 5.12. The minimum absolute atomic E-state index is 0.186. The summed E-state index contributed by atoms with van der Waals surface area (Å²) in [6.45, 7) is 4.32. The number of benzene rings is 3. The molecule has 0 saturated heterocycles. The van der Waals surface area contributed by atoms with Crippen LogP contribution in [0.5, 0.6) is 11.5 Å². The van der Waals surface area contributed by atoms with E-state index in [4.69, 9.17) is 9.47 Å². The van der Waals surface area contributed by atoms with Crippen molar-refractivity contribution in [2.75, 3.05) is 14.2 Å². The number of rotatable bonds is 9. The highest BCUT2D eigenvalue weighted by atomic mass is 32.2. The monoisotopic (exact) mass is 488 g/mol. The molecule has 180 valence electrons. The lowest BCUT2D eigenvalue weighted by Crippen LogP contribution is -2.25. The Labute approximate surface area is 209 Å². The molecule has 1 aromatic heterocycles. The van der Waals surface area contributed by atoms with Crippen LogP contribution >= 0.6 is 11.8 Å². The SMILES string of the molecule is COc1cccc(OC)c1C(=O)NCc1nnc(SCc2cccc(C)c2)n1-c1ccc(C)cc1. The van der Waals surface area contributed by atoms with E-state index in [1.165, 1.54) is 25.3 Å². The summed E-state index contributed by atoms with van der Waals surface area (Å²) in [4.78, 5) is 13.1. The highest BCUT2D eigenvalue weighted by Crippen LogP contribution is 2.29. The molecule has 0 unspecified atom stereocenters. The fourth-order valence-electron chi connectivity index (χ4n) is 3.73. The van der Waals surface area contributed by atoms with Crippen LogP contribution in [0, 0.1) is 13.8 Å². The quantitative estimate of drug-likeness (QED) is 0.329. The Hall–Kier alpha value is -3.78. The lowest BCUT2D eigenvalue weighted by Gasteiger charge is -2.14. The van der Waals surface area contributed by atoms with Gasteiger partial charge in [-0.25, -0.2) is 0 Å². The van der Waals surface area contributed by atoms with Gasteiger partial charge in [0.25, 0.3) is 5.91 Å². The molecule has 1 heterocycles. The zero-order valence-electron chi connectivity index (χ0n) is 20.2. The van der Waals surface area contributed by atoms with Gasteiger partial charge in [-0.15, -0.1) is 10.2 Å². The number of carbonyl (C=O) groups is 1. The first-order valence-corrected chi connectivity index (χ1v) is 12.2. The van der Waals surface area contributed by atoms with Crippen molar-refractivity contribution in [3.05, 3.63) is 94.8 Å². The van der Waals surface area contributed by atoms with E-state index in [-0.39, 0.29) is 12.5 Å². The van der Waals surface area contributed by atoms with E-state index in [1.54, 1.807) is 30.0 Å². The number of aryl methyl sites for hydroxylation is 2. The van der Waals surface area contributed by atoms with E-state index >= 15 is 0 Å². The molecule has 4 rings (SSSR count). The number of aromatic nitrogens is 3. The maximum absolute atomic E-state index is 13.1. The van der Waals surface area contributed by atoms with Gasteiger partial charge in [-0.05, 0) is 43.7 Å². The number of hydrogen-bond acceptors (Lipinski definition) is 6. The number of nitrogens with one attached hydrogen (secondary N) is 1. The van der Waals surface area contributed by atoms with Crippen LogP contribution in [0.4, 0.5) is 0 Å². The first-order valence-electron chi connectivity index (χ1n) is 11.2. The highest BCUT2D eigenvalue weighted by molar-refractivity contribution is 7.98. The Morgan fingerprint density at radius 3 is 2.26 bits per heavy atom. The second-order valence-corrected chi connectivity index (χ2v) is 9.01. The van der Waals surface area contributed by atoms with Gasteiger partial charge in [0.05, 0.1) is 20.8 Å². The van der Waals surface area contributed by atoms with Crippen molar-refractivity contribution in [3.8, 4) is 17.2 Å². The van der Waals surface area contributed by atoms with E-state index in [9.17, 15) is 4.79 Å². The summed E-state index contributed by atoms with van der Waals surface area (Å²) in [5.41, 5.74) is 4.87. The van der Waals surface area contributed by atoms with Crippen molar-refractivity contribution in [2.24, 2.45) is 0 Å². The summed E-state index contributed by atoms with van der Waals surface area (Å²) in [6.07, 6.45) is 0. The van der Waals surface area contributed by atoms with Gasteiger partial charge in [0.1, 0.15) is 17.1 Å². The van der Waals surface area contributed by atoms with E-state index < -0.39 is 0 Å². The minimum Gasteiger partial charge on any atom is -0.496 e. The Bertz CT molecular complexity index is 1300. The van der Waals surface area contributed by atoms with Crippen molar-refractivity contribution < 1.29 is 14.3 Å². The molecular weight excluding hydrogens is 460 g/mol. The smallest absolute Gasteiger partial charge is 0.259 e. The zero-order chi connectivity index (χ0) is 24.8. The fraction of sp³-hybridized carbons (Fsp3) is 0.222. The molecule has 0 bridgehead atoms. The summed E-state index contributed by atoms with van der Waals surface area (Å²) < 4.78 is 12.7. The molecule has 1 N–H and O–H groups in total. The second-order valence-electron chi connectivity index (χ2n) is 8.07. The molecule has 8 heteroatoms. The highest BCUT2D eigenvalue weighted by Gasteiger charge is 2.20. The molecule has 35 heavy (non-hydrogen) atoms. The van der Waals surface area contributed by atoms with Crippen molar-refractivity contribution in [2.45, 2.75) is 31.3 Å². The van der Waals surface area contributed by atoms with Crippen LogP contribution in [-0.4, -0.2) is 34.9 Å². The van der Waals surface area contributed by atoms with Crippen LogP contribution in [0.3, 0.4) is 0 Å². The number of thioether (sulfide) groups is 1. The summed E-state index contributed by atoms with van der Waals surface area (Å²) >= 11 is 1.61. The van der Waals surface area contributed by atoms with Crippen molar-refractivity contribution in [3.63, 3.8) is 0 Å². The summed E-state index contributed by atoms with van der Waals surface area (Å²) in [7, 11) is 3.05. The molecule has 0 fully saturated rings. The largest absolute Gasteiger partial charge is 0.496 e. The number of hydrogen-bond donors (Lipinski definition) is 1. The lowest BCUT2D eigenvalue weighted by molar-refractivity contribution is 0.0943. The summed E-state index contributed by atoms with van der Waals surface area (Å²) in [6, 6.07) is 21.8. The Morgan fingerprint density at radius 1 is 0.914 bits per heavy atom. The standard InChI is InChI=1S/C27H28N4O3S/c1-18-11-13-21(14-12-18)31-24(29-30-27(31)35-17-20-8-5-7-19(2)15-20)16-28-26(32)25-22(33-3)9-6-10-23(25)34-4/h5-15H,16-17H2,1-4H3,(H,28,32). The first-order chi connectivity index (χ1) is 17.0. The maximum atomic E-state index is 13.1. The van der Waals surface area contributed by atoms with Crippen molar-refractivity contribution >= 4 is 17.7 Å². The molecular formula is C27H28N4O3S. The molecule has 1 amide bonds. The molecule has 0 aliphatic carbocycles. The van der Waals surface area contributed by atoms with E-state index in [1.807, 2.05) is 35.8 Å². The molecule has 7 nitrogen and oxygen atoms in total. The molecule has 0 saturated carbocycles. The molecule has 0 aliphatic heterocycles. The van der Waals surface area contributed by atoms with Crippen LogP contribution in [0.25, 0.3) is 5.69 Å². The minimum atomic E-state index is -0.313. The van der Waals surface area contributed by atoms with Gasteiger partial charge in [-0.2, -0.15) is 0 Å². The van der Waals surface area contributed by atoms with E-state index in [0.29, 0.717) is 22.9 Å². The van der Waals surface area contributed by atoms with Crippen LogP contribution in [0.1, 0.15) is 32.9 Å². The average molecular weight is 489 g/mol. The third-order valence-electron chi connectivity index (χ3n) is 5.50. The second kappa shape index (κ2) is 11.1. The van der Waals surface area contributed by atoms with Gasteiger partial charge in [0.2, 0.25) is 0 Å². The summed E-state index contributed by atoms with van der Waals surface area (Å²) in [5.74, 6) is 1.96. The summed E-state index contributed by atoms with van der Waals surface area (Å²) in [5, 5.41) is 12.6. The molecule has 3 aromatic carbocycles. The molecule has 0 radical (unpaired) electrons. The van der Waals surface area contributed by atoms with Crippen molar-refractivity contribution in [1.82, 2.24) is 20.1 Å². The fourth-order valence-corrected chi connectivity index (χ4v) is 4.65. The maximum Gasteiger partial charge on any atom is 0.259 e. The zero-order valence-corrected chi connectivity index (χ0v) is 21.1. The van der Waals surface area contributed by atoms with Crippen LogP contribution in [0.15, 0.2) is 71.9 Å². The van der Waals surface area contributed by atoms with Crippen LogP contribution in [-0.2, 0) is 12.3 Å². The number of nitrogens with zero attached hydrogens (tertiary/aromatic N) is 3. The third-order valence-corrected chi connectivity index (χ3v) is 6.51. The average Bonchev–Trinajstić information content (AvgIpc) is 3.28. The lowest BCUT2D eigenvalue weighted by atomic mass is 10.1. The molecule has 4 aromatic rings. The van der Waals surface area contributed by atoms with Crippen molar-refractivity contribution in [1.29, 1.82) is 0 Å². The number of carbonyl (C=O) groups excluding carboxylic acids is 1. The van der Waals surface area contributed by atoms with Gasteiger partial charge < -0.3 is 14.8 Å². The molecule has 0 aliphatic rings. The van der Waals surface area contributed by atoms with Gasteiger partial charge in [0.15, 0.2) is 11.0 Å². The third kappa shape index (κ3) is 5.66. The van der Waals surface area contributed by atoms with Crippen LogP contribution < -0.4 is 14.8 Å². The number of amides is 1. The number of methoxy groups -OCH3 is 2. The predicted molar refractivity (Wildman–Crippen MR) is 138 cm³/mol. The van der Waals surface area contributed by atoms with Gasteiger partial charge >= 0.3 is 0 Å². The molecule has 0 atom stereocenters.